The van der Waals surface area contributed by atoms with E-state index in [0.29, 0.717) is 28.2 Å². The van der Waals surface area contributed by atoms with Crippen molar-refractivity contribution in [3.8, 4) is 5.75 Å². The lowest BCUT2D eigenvalue weighted by molar-refractivity contribution is -0.121. The first-order valence-corrected chi connectivity index (χ1v) is 11.2. The molecule has 0 aliphatic carbocycles. The fourth-order valence-corrected chi connectivity index (χ4v) is 4.57. The molecule has 1 fully saturated rings. The Balaban J connectivity index is 1.55. The summed E-state index contributed by atoms with van der Waals surface area (Å²) in [4.78, 5) is 31.7. The SMILES string of the molecule is COc1ccc(N2C(=O)C3CNNC3N=C2SCC(=O)Nc2cc(F)ccc2Cl)cc1Cl. The monoisotopic (exact) mass is 497 g/mol. The van der Waals surface area contributed by atoms with E-state index in [1.807, 2.05) is 0 Å². The fraction of sp³-hybridized carbons (Fsp3) is 0.250. The Kier molecular flexibility index (Phi) is 6.87. The van der Waals surface area contributed by atoms with Gasteiger partial charge in [0.15, 0.2) is 5.17 Å². The number of methoxy groups -OCH3 is 1. The number of amides is 2. The van der Waals surface area contributed by atoms with Crippen molar-refractivity contribution in [3.05, 3.63) is 52.3 Å². The summed E-state index contributed by atoms with van der Waals surface area (Å²) in [5, 5.41) is 3.45. The van der Waals surface area contributed by atoms with E-state index in [4.69, 9.17) is 27.9 Å². The molecular weight excluding hydrogens is 480 g/mol. The topological polar surface area (TPSA) is 95.1 Å². The van der Waals surface area contributed by atoms with E-state index in [2.05, 4.69) is 21.2 Å². The molecule has 168 valence electrons. The zero-order chi connectivity index (χ0) is 22.8. The van der Waals surface area contributed by atoms with Crippen molar-refractivity contribution in [2.24, 2.45) is 10.9 Å². The fourth-order valence-electron chi connectivity index (χ4n) is 3.31. The molecule has 2 unspecified atom stereocenters. The van der Waals surface area contributed by atoms with Gasteiger partial charge in [0.25, 0.3) is 0 Å². The number of benzene rings is 2. The smallest absolute Gasteiger partial charge is 0.241 e. The number of hydrazine groups is 1. The molecule has 32 heavy (non-hydrogen) atoms. The highest BCUT2D eigenvalue weighted by molar-refractivity contribution is 8.14. The number of carbonyl (C=O) groups excluding carboxylic acids is 2. The van der Waals surface area contributed by atoms with Crippen LogP contribution in [-0.4, -0.2) is 42.6 Å². The number of fused-ring (bicyclic) bond motifs is 1. The van der Waals surface area contributed by atoms with Crippen LogP contribution in [0, 0.1) is 11.7 Å². The molecule has 0 radical (unpaired) electrons. The molecule has 8 nitrogen and oxygen atoms in total. The molecule has 2 amide bonds. The summed E-state index contributed by atoms with van der Waals surface area (Å²) < 4.78 is 18.6. The lowest BCUT2D eigenvalue weighted by Gasteiger charge is -2.32. The molecule has 2 atom stereocenters. The van der Waals surface area contributed by atoms with Gasteiger partial charge < -0.3 is 10.1 Å². The standard InChI is InChI=1S/C20H18Cl2FN5O3S/c1-31-16-5-3-11(7-14(16)22)28-19(30)12-8-24-27-18(12)26-20(28)32-9-17(29)25-15-6-10(23)2-4-13(15)21/h2-7,12,18,24,27H,8-9H2,1H3,(H,25,29). The summed E-state index contributed by atoms with van der Waals surface area (Å²) in [7, 11) is 1.50. The van der Waals surface area contributed by atoms with Gasteiger partial charge in [-0.3, -0.25) is 19.9 Å². The average Bonchev–Trinajstić information content (AvgIpc) is 3.24. The first-order valence-electron chi connectivity index (χ1n) is 9.49. The van der Waals surface area contributed by atoms with E-state index < -0.39 is 23.8 Å². The predicted molar refractivity (Wildman–Crippen MR) is 124 cm³/mol. The summed E-state index contributed by atoms with van der Waals surface area (Å²) >= 11 is 13.3. The minimum Gasteiger partial charge on any atom is -0.495 e. The normalized spacial score (nSPS) is 20.1. The van der Waals surface area contributed by atoms with Crippen molar-refractivity contribution in [3.63, 3.8) is 0 Å². The first-order chi connectivity index (χ1) is 15.4. The van der Waals surface area contributed by atoms with Crippen molar-refractivity contribution in [1.82, 2.24) is 10.9 Å². The Hall–Kier alpha value is -2.37. The number of halogens is 3. The van der Waals surface area contributed by atoms with Gasteiger partial charge in [0.05, 0.1) is 40.2 Å². The van der Waals surface area contributed by atoms with Gasteiger partial charge in [0.2, 0.25) is 11.8 Å². The number of nitrogens with zero attached hydrogens (tertiary/aromatic N) is 2. The number of amidine groups is 1. The summed E-state index contributed by atoms with van der Waals surface area (Å²) in [5.74, 6) is -1.14. The minimum absolute atomic E-state index is 0.0792. The molecule has 1 saturated heterocycles. The number of rotatable bonds is 5. The maximum Gasteiger partial charge on any atom is 0.241 e. The molecule has 3 N–H and O–H groups in total. The van der Waals surface area contributed by atoms with Crippen LogP contribution in [0.4, 0.5) is 15.8 Å². The highest BCUT2D eigenvalue weighted by Crippen LogP contribution is 2.34. The Morgan fingerprint density at radius 2 is 2.12 bits per heavy atom. The van der Waals surface area contributed by atoms with Crippen molar-refractivity contribution in [2.45, 2.75) is 6.17 Å². The van der Waals surface area contributed by atoms with E-state index in [-0.39, 0.29) is 22.4 Å². The van der Waals surface area contributed by atoms with Gasteiger partial charge in [-0.25, -0.2) is 14.8 Å². The summed E-state index contributed by atoms with van der Waals surface area (Å²) in [6.07, 6.45) is -0.448. The third kappa shape index (κ3) is 4.69. The molecule has 2 aliphatic heterocycles. The van der Waals surface area contributed by atoms with E-state index in [9.17, 15) is 14.0 Å². The van der Waals surface area contributed by atoms with Crippen LogP contribution in [0.25, 0.3) is 0 Å². The van der Waals surface area contributed by atoms with E-state index in [0.717, 1.165) is 17.8 Å². The second kappa shape index (κ2) is 9.63. The third-order valence-electron chi connectivity index (χ3n) is 4.86. The number of thioether (sulfide) groups is 1. The molecule has 0 saturated carbocycles. The Bertz CT molecular complexity index is 1100. The molecular formula is C20H18Cl2FN5O3S. The van der Waals surface area contributed by atoms with Gasteiger partial charge in [-0.15, -0.1) is 0 Å². The number of carbonyl (C=O) groups is 2. The van der Waals surface area contributed by atoms with Crippen LogP contribution in [-0.2, 0) is 9.59 Å². The Morgan fingerprint density at radius 1 is 1.31 bits per heavy atom. The van der Waals surface area contributed by atoms with Crippen LogP contribution in [0.3, 0.4) is 0 Å². The van der Waals surface area contributed by atoms with Gasteiger partial charge in [-0.2, -0.15) is 0 Å². The van der Waals surface area contributed by atoms with Crippen LogP contribution >= 0.6 is 35.0 Å². The summed E-state index contributed by atoms with van der Waals surface area (Å²) in [5.41, 5.74) is 6.57. The van der Waals surface area contributed by atoms with Gasteiger partial charge in [0, 0.05) is 6.54 Å². The molecule has 4 rings (SSSR count). The van der Waals surface area contributed by atoms with E-state index in [1.165, 1.54) is 24.1 Å². The number of hydrogen-bond acceptors (Lipinski definition) is 7. The molecule has 0 spiro atoms. The van der Waals surface area contributed by atoms with Crippen LogP contribution < -0.4 is 25.8 Å². The third-order valence-corrected chi connectivity index (χ3v) is 6.44. The molecule has 0 bridgehead atoms. The molecule has 0 aromatic heterocycles. The quantitative estimate of drug-likeness (QED) is 0.586. The lowest BCUT2D eigenvalue weighted by atomic mass is 10.0. The number of nitrogens with one attached hydrogen (secondary N) is 3. The van der Waals surface area contributed by atoms with Crippen LogP contribution in [0.1, 0.15) is 0 Å². The van der Waals surface area contributed by atoms with Crippen LogP contribution in [0.2, 0.25) is 10.0 Å². The predicted octanol–water partition coefficient (Wildman–Crippen LogP) is 3.27. The number of anilines is 2. The Morgan fingerprint density at radius 3 is 2.88 bits per heavy atom. The number of aliphatic imine (C=N–C) groups is 1. The molecule has 2 aromatic carbocycles. The molecule has 2 aliphatic rings. The second-order valence-electron chi connectivity index (χ2n) is 6.94. The highest BCUT2D eigenvalue weighted by Gasteiger charge is 2.42. The zero-order valence-electron chi connectivity index (χ0n) is 16.7. The van der Waals surface area contributed by atoms with Gasteiger partial charge in [-0.05, 0) is 36.4 Å². The van der Waals surface area contributed by atoms with Crippen LogP contribution in [0.5, 0.6) is 5.75 Å². The van der Waals surface area contributed by atoms with Crippen molar-refractivity contribution >= 4 is 63.3 Å². The molecule has 2 heterocycles. The highest BCUT2D eigenvalue weighted by atomic mass is 35.5. The van der Waals surface area contributed by atoms with Crippen LogP contribution in [0.15, 0.2) is 41.4 Å². The first kappa shape index (κ1) is 22.8. The number of hydrogen-bond donors (Lipinski definition) is 3. The Labute approximate surface area is 197 Å². The van der Waals surface area contributed by atoms with Crippen molar-refractivity contribution in [2.75, 3.05) is 29.6 Å². The summed E-state index contributed by atoms with van der Waals surface area (Å²) in [6.45, 7) is 0.421. The molecule has 12 heteroatoms. The minimum atomic E-state index is -0.520. The average molecular weight is 498 g/mol. The largest absolute Gasteiger partial charge is 0.495 e. The van der Waals surface area contributed by atoms with Crippen molar-refractivity contribution in [1.29, 1.82) is 0 Å². The maximum absolute atomic E-state index is 13.5. The van der Waals surface area contributed by atoms with E-state index in [1.54, 1.807) is 18.2 Å². The number of ether oxygens (including phenoxy) is 1. The maximum atomic E-state index is 13.5. The molecule has 2 aromatic rings. The van der Waals surface area contributed by atoms with E-state index >= 15 is 0 Å². The van der Waals surface area contributed by atoms with Crippen molar-refractivity contribution < 1.29 is 18.7 Å². The van der Waals surface area contributed by atoms with Gasteiger partial charge in [0.1, 0.15) is 17.7 Å². The summed E-state index contributed by atoms with van der Waals surface area (Å²) in [6, 6.07) is 8.65. The van der Waals surface area contributed by atoms with Gasteiger partial charge >= 0.3 is 0 Å². The zero-order valence-corrected chi connectivity index (χ0v) is 19.0. The van der Waals surface area contributed by atoms with Gasteiger partial charge in [-0.1, -0.05) is 35.0 Å². The lowest BCUT2D eigenvalue weighted by Crippen LogP contribution is -2.49. The second-order valence-corrected chi connectivity index (χ2v) is 8.70.